The maximum atomic E-state index is 4.00. The lowest BCUT2D eigenvalue weighted by Gasteiger charge is -2.06. The summed E-state index contributed by atoms with van der Waals surface area (Å²) in [6.45, 7) is 8.29. The van der Waals surface area contributed by atoms with Crippen LogP contribution in [-0.4, -0.2) is 5.75 Å². The van der Waals surface area contributed by atoms with Crippen molar-refractivity contribution in [2.45, 2.75) is 24.7 Å². The van der Waals surface area contributed by atoms with Gasteiger partial charge < -0.3 is 0 Å². The molecule has 0 aliphatic carbocycles. The van der Waals surface area contributed by atoms with Crippen molar-refractivity contribution in [2.24, 2.45) is 0 Å². The van der Waals surface area contributed by atoms with Gasteiger partial charge in [-0.15, -0.1) is 11.8 Å². The van der Waals surface area contributed by atoms with Crippen LogP contribution in [0.15, 0.2) is 29.2 Å². The summed E-state index contributed by atoms with van der Waals surface area (Å²) in [6, 6.07) is 8.62. The highest BCUT2D eigenvalue weighted by atomic mass is 32.2. The topological polar surface area (TPSA) is 0 Å². The normalized spacial score (nSPS) is 10.7. The van der Waals surface area contributed by atoms with Gasteiger partial charge in [0.25, 0.3) is 0 Å². The molecule has 0 aromatic heterocycles. The first-order valence-electron chi connectivity index (χ1n) is 4.30. The standard InChI is InChI=1S/C11H15S/c1-4-12-11-7-5-6-10(8-11)9(2)3/h5-9H,2,4H2,1,3H3. The van der Waals surface area contributed by atoms with Gasteiger partial charge in [0, 0.05) is 4.90 Å². The van der Waals surface area contributed by atoms with E-state index in [1.165, 1.54) is 10.5 Å². The van der Waals surface area contributed by atoms with Gasteiger partial charge in [-0.1, -0.05) is 26.0 Å². The highest BCUT2D eigenvalue weighted by Crippen LogP contribution is 2.22. The highest BCUT2D eigenvalue weighted by molar-refractivity contribution is 7.99. The van der Waals surface area contributed by atoms with E-state index in [4.69, 9.17) is 0 Å². The maximum absolute atomic E-state index is 4.00. The lowest BCUT2D eigenvalue weighted by atomic mass is 10.0. The fourth-order valence-electron chi connectivity index (χ4n) is 1.08. The van der Waals surface area contributed by atoms with E-state index < -0.39 is 0 Å². The van der Waals surface area contributed by atoms with Gasteiger partial charge in [0.15, 0.2) is 0 Å². The number of benzene rings is 1. The summed E-state index contributed by atoms with van der Waals surface area (Å²) in [5, 5.41) is 0. The third kappa shape index (κ3) is 2.56. The summed E-state index contributed by atoms with van der Waals surface area (Å²) in [7, 11) is 0. The Morgan fingerprint density at radius 2 is 2.25 bits per heavy atom. The number of thioether (sulfide) groups is 1. The Kier molecular flexibility index (Phi) is 3.67. The van der Waals surface area contributed by atoms with E-state index in [2.05, 4.69) is 45.0 Å². The Morgan fingerprint density at radius 1 is 1.50 bits per heavy atom. The van der Waals surface area contributed by atoms with Crippen molar-refractivity contribution in [3.63, 3.8) is 0 Å². The minimum atomic E-state index is 0.391. The van der Waals surface area contributed by atoms with Crippen LogP contribution in [0.4, 0.5) is 0 Å². The molecule has 0 amide bonds. The zero-order chi connectivity index (χ0) is 8.97. The summed E-state index contributed by atoms with van der Waals surface area (Å²) in [5.41, 5.74) is 1.33. The van der Waals surface area contributed by atoms with Crippen LogP contribution in [0.3, 0.4) is 0 Å². The van der Waals surface area contributed by atoms with Crippen molar-refractivity contribution >= 4 is 11.8 Å². The van der Waals surface area contributed by atoms with Crippen LogP contribution in [0, 0.1) is 6.92 Å². The molecule has 0 saturated heterocycles. The van der Waals surface area contributed by atoms with Crippen LogP contribution in [-0.2, 0) is 0 Å². The average molecular weight is 179 g/mol. The fourth-order valence-corrected chi connectivity index (χ4v) is 1.81. The van der Waals surface area contributed by atoms with E-state index in [0.717, 1.165) is 5.75 Å². The van der Waals surface area contributed by atoms with Crippen molar-refractivity contribution in [2.75, 3.05) is 5.75 Å². The molecule has 0 bridgehead atoms. The molecule has 12 heavy (non-hydrogen) atoms. The molecule has 0 nitrogen and oxygen atoms in total. The molecule has 0 spiro atoms. The van der Waals surface area contributed by atoms with E-state index in [1.54, 1.807) is 0 Å². The molecule has 1 heteroatoms. The molecule has 0 fully saturated rings. The van der Waals surface area contributed by atoms with Gasteiger partial charge >= 0.3 is 0 Å². The summed E-state index contributed by atoms with van der Waals surface area (Å²) >= 11 is 1.88. The lowest BCUT2D eigenvalue weighted by molar-refractivity contribution is 0.957. The SMILES string of the molecule is [CH2]C(C)c1cccc(SCC)c1. The number of hydrogen-bond donors (Lipinski definition) is 0. The van der Waals surface area contributed by atoms with E-state index in [-0.39, 0.29) is 0 Å². The van der Waals surface area contributed by atoms with Crippen molar-refractivity contribution in [1.82, 2.24) is 0 Å². The fraction of sp³-hybridized carbons (Fsp3) is 0.364. The van der Waals surface area contributed by atoms with Gasteiger partial charge in [0.2, 0.25) is 0 Å². The number of rotatable bonds is 3. The monoisotopic (exact) mass is 179 g/mol. The molecule has 1 aromatic rings. The third-order valence-electron chi connectivity index (χ3n) is 1.74. The van der Waals surface area contributed by atoms with Gasteiger partial charge in [0.05, 0.1) is 0 Å². The predicted molar refractivity (Wildman–Crippen MR) is 56.6 cm³/mol. The van der Waals surface area contributed by atoms with Crippen molar-refractivity contribution in [1.29, 1.82) is 0 Å². The zero-order valence-electron chi connectivity index (χ0n) is 7.71. The van der Waals surface area contributed by atoms with Gasteiger partial charge in [-0.25, -0.2) is 0 Å². The average Bonchev–Trinajstić information content (AvgIpc) is 2.05. The van der Waals surface area contributed by atoms with Crippen LogP contribution in [0.5, 0.6) is 0 Å². The van der Waals surface area contributed by atoms with Crippen LogP contribution in [0.2, 0.25) is 0 Å². The van der Waals surface area contributed by atoms with Gasteiger partial charge in [-0.2, -0.15) is 0 Å². The summed E-state index contributed by atoms with van der Waals surface area (Å²) in [4.78, 5) is 1.35. The Bertz CT molecular complexity index is 241. The molecule has 0 aliphatic rings. The highest BCUT2D eigenvalue weighted by Gasteiger charge is 1.99. The summed E-state index contributed by atoms with van der Waals surface area (Å²) < 4.78 is 0. The first-order valence-corrected chi connectivity index (χ1v) is 5.28. The quantitative estimate of drug-likeness (QED) is 0.637. The summed E-state index contributed by atoms with van der Waals surface area (Å²) in [5.74, 6) is 1.53. The molecule has 65 valence electrons. The van der Waals surface area contributed by atoms with Crippen molar-refractivity contribution in [3.8, 4) is 0 Å². The predicted octanol–water partition coefficient (Wildman–Crippen LogP) is 3.74. The van der Waals surface area contributed by atoms with E-state index in [1.807, 2.05) is 11.8 Å². The van der Waals surface area contributed by atoms with Gasteiger partial charge in [0.1, 0.15) is 0 Å². The molecule has 1 rings (SSSR count). The molecular weight excluding hydrogens is 164 g/mol. The van der Waals surface area contributed by atoms with Crippen LogP contribution < -0.4 is 0 Å². The Balaban J connectivity index is 2.81. The molecule has 1 aromatic carbocycles. The molecule has 1 radical (unpaired) electrons. The van der Waals surface area contributed by atoms with Gasteiger partial charge in [-0.3, -0.25) is 0 Å². The molecule has 0 saturated carbocycles. The van der Waals surface area contributed by atoms with E-state index in [9.17, 15) is 0 Å². The lowest BCUT2D eigenvalue weighted by Crippen LogP contribution is -1.86. The summed E-state index contributed by atoms with van der Waals surface area (Å²) in [6.07, 6.45) is 0. The Labute approximate surface area is 79.4 Å². The second-order valence-corrected chi connectivity index (χ2v) is 4.24. The first kappa shape index (κ1) is 9.66. The van der Waals surface area contributed by atoms with Crippen LogP contribution >= 0.6 is 11.8 Å². The van der Waals surface area contributed by atoms with Crippen molar-refractivity contribution < 1.29 is 0 Å². The molecular formula is C11H15S. The molecule has 0 aliphatic heterocycles. The molecule has 1 unspecified atom stereocenters. The number of hydrogen-bond acceptors (Lipinski definition) is 1. The van der Waals surface area contributed by atoms with Crippen molar-refractivity contribution in [3.05, 3.63) is 36.8 Å². The molecule has 0 N–H and O–H groups in total. The minimum Gasteiger partial charge on any atom is -0.126 e. The first-order chi connectivity index (χ1) is 5.74. The second kappa shape index (κ2) is 4.56. The van der Waals surface area contributed by atoms with E-state index >= 15 is 0 Å². The zero-order valence-corrected chi connectivity index (χ0v) is 8.53. The van der Waals surface area contributed by atoms with E-state index in [0.29, 0.717) is 5.92 Å². The third-order valence-corrected chi connectivity index (χ3v) is 2.61. The Morgan fingerprint density at radius 3 is 2.83 bits per heavy atom. The maximum Gasteiger partial charge on any atom is 0.00746 e. The Hall–Kier alpha value is -0.430. The largest absolute Gasteiger partial charge is 0.126 e. The van der Waals surface area contributed by atoms with Crippen LogP contribution in [0.25, 0.3) is 0 Å². The van der Waals surface area contributed by atoms with Crippen LogP contribution in [0.1, 0.15) is 25.3 Å². The molecule has 1 atom stereocenters. The van der Waals surface area contributed by atoms with Gasteiger partial charge in [-0.05, 0) is 36.3 Å². The second-order valence-electron chi connectivity index (χ2n) is 2.91. The smallest absolute Gasteiger partial charge is 0.00746 e. The minimum absolute atomic E-state index is 0.391. The molecule has 0 heterocycles.